The van der Waals surface area contributed by atoms with Gasteiger partial charge in [-0.3, -0.25) is 4.90 Å². The van der Waals surface area contributed by atoms with Crippen LogP contribution in [0.5, 0.6) is 0 Å². The van der Waals surface area contributed by atoms with E-state index in [1.807, 2.05) is 12.1 Å². The SMILES string of the molecule is CCOC1CC(N(C)Cc2cccc(N)c2)C12CCCC2.Cl. The van der Waals surface area contributed by atoms with Crippen molar-refractivity contribution in [3.05, 3.63) is 29.8 Å². The minimum absolute atomic E-state index is 0. The summed E-state index contributed by atoms with van der Waals surface area (Å²) in [4.78, 5) is 2.52. The van der Waals surface area contributed by atoms with Gasteiger partial charge in [-0.1, -0.05) is 25.0 Å². The van der Waals surface area contributed by atoms with Crippen LogP contribution in [0.1, 0.15) is 44.6 Å². The van der Waals surface area contributed by atoms with Gasteiger partial charge in [-0.25, -0.2) is 0 Å². The van der Waals surface area contributed by atoms with E-state index in [-0.39, 0.29) is 12.4 Å². The Morgan fingerprint density at radius 2 is 2.05 bits per heavy atom. The zero-order valence-electron chi connectivity index (χ0n) is 13.8. The average Bonchev–Trinajstić information content (AvgIpc) is 2.95. The van der Waals surface area contributed by atoms with Gasteiger partial charge in [0.25, 0.3) is 0 Å². The Kier molecular flexibility index (Phi) is 5.76. The molecule has 0 aliphatic heterocycles. The molecule has 2 N–H and O–H groups in total. The highest BCUT2D eigenvalue weighted by Crippen LogP contribution is 2.56. The van der Waals surface area contributed by atoms with Crippen LogP contribution in [-0.4, -0.2) is 30.7 Å². The molecule has 2 aliphatic carbocycles. The first kappa shape index (κ1) is 17.6. The summed E-state index contributed by atoms with van der Waals surface area (Å²) in [6.45, 7) is 3.95. The number of hydrogen-bond acceptors (Lipinski definition) is 3. The number of benzene rings is 1. The van der Waals surface area contributed by atoms with Crippen LogP contribution in [0.3, 0.4) is 0 Å². The molecular weight excluding hydrogens is 296 g/mol. The zero-order chi connectivity index (χ0) is 14.9. The summed E-state index contributed by atoms with van der Waals surface area (Å²) >= 11 is 0. The maximum atomic E-state index is 6.02. The summed E-state index contributed by atoms with van der Waals surface area (Å²) in [6, 6.07) is 8.94. The van der Waals surface area contributed by atoms with Gasteiger partial charge in [-0.2, -0.15) is 0 Å². The van der Waals surface area contributed by atoms with Crippen molar-refractivity contribution < 1.29 is 4.74 Å². The van der Waals surface area contributed by atoms with Gasteiger partial charge >= 0.3 is 0 Å². The molecule has 0 bridgehead atoms. The van der Waals surface area contributed by atoms with Crippen molar-refractivity contribution in [2.24, 2.45) is 5.41 Å². The molecule has 2 unspecified atom stereocenters. The molecule has 3 rings (SSSR count). The van der Waals surface area contributed by atoms with E-state index >= 15 is 0 Å². The molecule has 2 aliphatic rings. The van der Waals surface area contributed by atoms with Gasteiger partial charge in [0.15, 0.2) is 0 Å². The first-order valence-electron chi connectivity index (χ1n) is 8.32. The van der Waals surface area contributed by atoms with Crippen molar-refractivity contribution >= 4 is 18.1 Å². The van der Waals surface area contributed by atoms with Gasteiger partial charge in [-0.15, -0.1) is 12.4 Å². The maximum Gasteiger partial charge on any atom is 0.0661 e. The molecule has 0 saturated heterocycles. The van der Waals surface area contributed by atoms with Crippen LogP contribution in [0.15, 0.2) is 24.3 Å². The lowest BCUT2D eigenvalue weighted by Crippen LogP contribution is -2.62. The Balaban J connectivity index is 0.00000176. The van der Waals surface area contributed by atoms with Crippen LogP contribution in [-0.2, 0) is 11.3 Å². The molecule has 4 heteroatoms. The lowest BCUT2D eigenvalue weighted by Gasteiger charge is -2.57. The standard InChI is InChI=1S/C18H28N2O.ClH/c1-3-21-17-12-16(18(17)9-4-5-10-18)20(2)13-14-7-6-8-15(19)11-14;/h6-8,11,16-17H,3-5,9-10,12-13,19H2,1-2H3;1H. The van der Waals surface area contributed by atoms with E-state index in [1.165, 1.54) is 37.7 Å². The second-order valence-electron chi connectivity index (χ2n) is 6.80. The fourth-order valence-electron chi connectivity index (χ4n) is 4.56. The topological polar surface area (TPSA) is 38.5 Å². The number of nitrogen functional groups attached to an aromatic ring is 1. The van der Waals surface area contributed by atoms with Gasteiger partial charge in [-0.05, 0) is 50.9 Å². The summed E-state index contributed by atoms with van der Waals surface area (Å²) in [7, 11) is 2.26. The van der Waals surface area contributed by atoms with E-state index in [0.717, 1.165) is 18.8 Å². The van der Waals surface area contributed by atoms with Gasteiger partial charge < -0.3 is 10.5 Å². The monoisotopic (exact) mass is 324 g/mol. The molecule has 124 valence electrons. The van der Waals surface area contributed by atoms with Gasteiger partial charge in [0.1, 0.15) is 0 Å². The van der Waals surface area contributed by atoms with E-state index in [1.54, 1.807) is 0 Å². The van der Waals surface area contributed by atoms with Gasteiger partial charge in [0.2, 0.25) is 0 Å². The fraction of sp³-hybridized carbons (Fsp3) is 0.667. The van der Waals surface area contributed by atoms with Crippen LogP contribution in [0.4, 0.5) is 5.69 Å². The molecule has 22 heavy (non-hydrogen) atoms. The van der Waals surface area contributed by atoms with Crippen molar-refractivity contribution in [3.8, 4) is 0 Å². The van der Waals surface area contributed by atoms with Crippen LogP contribution in [0.25, 0.3) is 0 Å². The largest absolute Gasteiger partial charge is 0.399 e. The zero-order valence-corrected chi connectivity index (χ0v) is 14.6. The third-order valence-electron chi connectivity index (χ3n) is 5.56. The molecule has 0 aromatic heterocycles. The molecule has 1 spiro atoms. The molecule has 1 aromatic rings. The van der Waals surface area contributed by atoms with E-state index in [9.17, 15) is 0 Å². The number of nitrogens with zero attached hydrogens (tertiary/aromatic N) is 1. The minimum atomic E-state index is 0. The third-order valence-corrected chi connectivity index (χ3v) is 5.56. The fourth-order valence-corrected chi connectivity index (χ4v) is 4.56. The number of halogens is 1. The number of nitrogens with two attached hydrogens (primary N) is 1. The molecule has 2 atom stereocenters. The quantitative estimate of drug-likeness (QED) is 0.836. The maximum absolute atomic E-state index is 6.02. The normalized spacial score (nSPS) is 26.0. The molecule has 0 radical (unpaired) electrons. The Morgan fingerprint density at radius 3 is 2.68 bits per heavy atom. The molecule has 3 nitrogen and oxygen atoms in total. The smallest absolute Gasteiger partial charge is 0.0661 e. The Hall–Kier alpha value is -0.770. The van der Waals surface area contributed by atoms with Crippen molar-refractivity contribution in [3.63, 3.8) is 0 Å². The third kappa shape index (κ3) is 3.12. The Morgan fingerprint density at radius 1 is 1.32 bits per heavy atom. The number of anilines is 1. The van der Waals surface area contributed by atoms with Crippen LogP contribution in [0, 0.1) is 5.41 Å². The van der Waals surface area contributed by atoms with Crippen molar-refractivity contribution in [2.45, 2.75) is 57.7 Å². The van der Waals surface area contributed by atoms with Crippen molar-refractivity contribution in [2.75, 3.05) is 19.4 Å². The Labute approximate surface area is 140 Å². The molecule has 0 amide bonds. The van der Waals surface area contributed by atoms with E-state index < -0.39 is 0 Å². The second-order valence-corrected chi connectivity index (χ2v) is 6.80. The Bertz CT molecular complexity index is 488. The highest BCUT2D eigenvalue weighted by Gasteiger charge is 2.57. The van der Waals surface area contributed by atoms with Crippen LogP contribution >= 0.6 is 12.4 Å². The van der Waals surface area contributed by atoms with E-state index in [0.29, 0.717) is 17.6 Å². The van der Waals surface area contributed by atoms with Gasteiger partial charge in [0, 0.05) is 30.3 Å². The van der Waals surface area contributed by atoms with Crippen LogP contribution < -0.4 is 5.73 Å². The van der Waals surface area contributed by atoms with Crippen LogP contribution in [0.2, 0.25) is 0 Å². The molecule has 2 fully saturated rings. The van der Waals surface area contributed by atoms with Gasteiger partial charge in [0.05, 0.1) is 6.10 Å². The lowest BCUT2D eigenvalue weighted by atomic mass is 9.60. The highest BCUT2D eigenvalue weighted by atomic mass is 35.5. The van der Waals surface area contributed by atoms with Crippen molar-refractivity contribution in [1.29, 1.82) is 0 Å². The second kappa shape index (κ2) is 7.20. The molecule has 2 saturated carbocycles. The summed E-state index contributed by atoms with van der Waals surface area (Å²) in [5.74, 6) is 0. The number of hydrogen-bond donors (Lipinski definition) is 1. The molecule has 1 aromatic carbocycles. The summed E-state index contributed by atoms with van der Waals surface area (Å²) < 4.78 is 6.02. The average molecular weight is 325 g/mol. The van der Waals surface area contributed by atoms with Crippen molar-refractivity contribution in [1.82, 2.24) is 4.90 Å². The molecular formula is C18H29ClN2O. The predicted octanol–water partition coefficient (Wildman–Crippen LogP) is 3.86. The number of ether oxygens (including phenoxy) is 1. The summed E-state index contributed by atoms with van der Waals surface area (Å²) in [6.07, 6.45) is 7.08. The lowest BCUT2D eigenvalue weighted by molar-refractivity contribution is -0.162. The minimum Gasteiger partial charge on any atom is -0.399 e. The number of rotatable bonds is 5. The predicted molar refractivity (Wildman–Crippen MR) is 94.3 cm³/mol. The van der Waals surface area contributed by atoms with E-state index in [2.05, 4.69) is 31.0 Å². The summed E-state index contributed by atoms with van der Waals surface area (Å²) in [5.41, 5.74) is 8.49. The molecule has 0 heterocycles. The first-order chi connectivity index (χ1) is 10.2. The highest BCUT2D eigenvalue weighted by molar-refractivity contribution is 5.85. The van der Waals surface area contributed by atoms with E-state index in [4.69, 9.17) is 10.5 Å². The summed E-state index contributed by atoms with van der Waals surface area (Å²) in [5, 5.41) is 0. The first-order valence-corrected chi connectivity index (χ1v) is 8.32.